The summed E-state index contributed by atoms with van der Waals surface area (Å²) in [4.78, 5) is 20.2. The van der Waals surface area contributed by atoms with E-state index in [2.05, 4.69) is 9.97 Å². The molecule has 1 fully saturated rings. The van der Waals surface area contributed by atoms with Crippen molar-refractivity contribution in [1.82, 2.24) is 14.5 Å². The lowest BCUT2D eigenvalue weighted by Crippen LogP contribution is -2.38. The van der Waals surface area contributed by atoms with Crippen LogP contribution in [-0.2, 0) is 22.9 Å². The summed E-state index contributed by atoms with van der Waals surface area (Å²) >= 11 is 0. The molecule has 1 aliphatic carbocycles. The van der Waals surface area contributed by atoms with Crippen molar-refractivity contribution >= 4 is 16.9 Å². The Morgan fingerprint density at radius 2 is 1.90 bits per heavy atom. The Kier molecular flexibility index (Phi) is 6.42. The van der Waals surface area contributed by atoms with Gasteiger partial charge in [-0.25, -0.2) is 18.7 Å². The van der Waals surface area contributed by atoms with Gasteiger partial charge in [-0.2, -0.15) is 13.2 Å². The van der Waals surface area contributed by atoms with Gasteiger partial charge in [0.2, 0.25) is 0 Å². The number of hydrogen-bond donors (Lipinski definition) is 1. The van der Waals surface area contributed by atoms with Gasteiger partial charge in [-0.3, -0.25) is 4.79 Å². The first-order valence-corrected chi connectivity index (χ1v) is 10.3. The van der Waals surface area contributed by atoms with Gasteiger partial charge in [0.05, 0.1) is 0 Å². The van der Waals surface area contributed by atoms with Crippen molar-refractivity contribution in [2.24, 2.45) is 0 Å². The number of aryl methyl sites for hydroxylation is 1. The fraction of sp³-hybridized carbons (Fsp3) is 0.667. The van der Waals surface area contributed by atoms with E-state index in [1.807, 2.05) is 6.92 Å². The summed E-state index contributed by atoms with van der Waals surface area (Å²) < 4.78 is 66.6. The van der Waals surface area contributed by atoms with E-state index in [0.717, 1.165) is 32.3 Å². The molecule has 0 aromatic carbocycles. The molecule has 2 aromatic heterocycles. The summed E-state index contributed by atoms with van der Waals surface area (Å²) in [5.74, 6) is 0.150. The normalized spacial score (nSPS) is 18.2. The quantitative estimate of drug-likeness (QED) is 0.432. The summed E-state index contributed by atoms with van der Waals surface area (Å²) in [6, 6.07) is 2.24. The van der Waals surface area contributed by atoms with Gasteiger partial charge in [0, 0.05) is 24.8 Å². The van der Waals surface area contributed by atoms with Gasteiger partial charge < -0.3 is 9.67 Å². The number of alkyl halides is 5. The van der Waals surface area contributed by atoms with Crippen LogP contribution in [0.2, 0.25) is 0 Å². The van der Waals surface area contributed by atoms with Crippen LogP contribution < -0.4 is 0 Å². The maximum atomic E-state index is 13.1. The highest BCUT2D eigenvalue weighted by Crippen LogP contribution is 2.42. The number of ketones is 1. The summed E-state index contributed by atoms with van der Waals surface area (Å²) in [5, 5.41) is 9.55. The van der Waals surface area contributed by atoms with Crippen molar-refractivity contribution in [2.45, 2.75) is 89.0 Å². The van der Waals surface area contributed by atoms with E-state index in [-0.39, 0.29) is 17.6 Å². The van der Waals surface area contributed by atoms with Crippen LogP contribution in [0.3, 0.4) is 0 Å². The van der Waals surface area contributed by atoms with Gasteiger partial charge in [0.1, 0.15) is 28.4 Å². The molecule has 1 aliphatic rings. The zero-order valence-corrected chi connectivity index (χ0v) is 17.5. The second kappa shape index (κ2) is 8.44. The predicted octanol–water partition coefficient (Wildman–Crippen LogP) is 5.04. The molecule has 5 nitrogen and oxygen atoms in total. The van der Waals surface area contributed by atoms with Crippen LogP contribution in [0, 0.1) is 0 Å². The molecule has 0 saturated heterocycles. The highest BCUT2D eigenvalue weighted by molar-refractivity contribution is 5.79. The molecule has 0 spiro atoms. The fourth-order valence-corrected chi connectivity index (χ4v) is 3.98. The number of carbonyl (C=O) groups is 1. The van der Waals surface area contributed by atoms with E-state index in [4.69, 9.17) is 0 Å². The van der Waals surface area contributed by atoms with Crippen molar-refractivity contribution in [3.8, 4) is 0 Å². The van der Waals surface area contributed by atoms with Crippen molar-refractivity contribution in [1.29, 1.82) is 0 Å². The highest BCUT2D eigenvalue weighted by atomic mass is 19.4. The number of rotatable bonds is 9. The number of unbranched alkanes of at least 4 members (excludes halogenated alkanes) is 1. The van der Waals surface area contributed by atoms with E-state index >= 15 is 0 Å². The first-order chi connectivity index (χ1) is 14.3. The Morgan fingerprint density at radius 3 is 2.45 bits per heavy atom. The number of fused-ring (bicyclic) bond motifs is 1. The molecular formula is C21H26F5N3O2. The SMILES string of the molecule is CC(O)(CC(=O)CCCCc1nc2ccc(C(F)(F)F)nc2n1C1(C)CCC1)C(F)F. The zero-order chi connectivity index (χ0) is 23.0. The third kappa shape index (κ3) is 5.05. The molecule has 1 saturated carbocycles. The number of halogens is 5. The van der Waals surface area contributed by atoms with Crippen molar-refractivity contribution in [3.05, 3.63) is 23.7 Å². The van der Waals surface area contributed by atoms with Crippen LogP contribution in [-0.4, -0.2) is 37.5 Å². The van der Waals surface area contributed by atoms with Crippen molar-refractivity contribution in [3.63, 3.8) is 0 Å². The molecule has 1 unspecified atom stereocenters. The first kappa shape index (κ1) is 23.6. The average Bonchev–Trinajstić information content (AvgIpc) is 3.00. The number of imidazole rings is 1. The number of hydrogen-bond acceptors (Lipinski definition) is 4. The average molecular weight is 447 g/mol. The third-order valence-corrected chi connectivity index (χ3v) is 5.97. The number of aliphatic hydroxyl groups is 1. The van der Waals surface area contributed by atoms with Crippen LogP contribution in [0.4, 0.5) is 22.0 Å². The standard InChI is InChI=1S/C21H26F5N3O2/c1-19(10-5-11-19)29-16(7-4-3-6-13(30)12-20(2,31)18(22)23)27-14-8-9-15(21(24,25)26)28-17(14)29/h8-9,18,31H,3-7,10-12H2,1-2H3. The summed E-state index contributed by atoms with van der Waals surface area (Å²) in [6.45, 7) is 2.90. The second-order valence-corrected chi connectivity index (χ2v) is 8.83. The molecule has 0 bridgehead atoms. The minimum Gasteiger partial charge on any atom is -0.384 e. The van der Waals surface area contributed by atoms with Gasteiger partial charge in [0.25, 0.3) is 6.43 Å². The third-order valence-electron chi connectivity index (χ3n) is 5.97. The summed E-state index contributed by atoms with van der Waals surface area (Å²) in [6.07, 6.45) is -4.22. The number of pyridine rings is 1. The molecule has 172 valence electrons. The first-order valence-electron chi connectivity index (χ1n) is 10.3. The molecule has 0 aliphatic heterocycles. The molecule has 10 heteroatoms. The van der Waals surface area contributed by atoms with Crippen LogP contribution in [0.15, 0.2) is 12.1 Å². The van der Waals surface area contributed by atoms with Crippen molar-refractivity contribution in [2.75, 3.05) is 0 Å². The van der Waals surface area contributed by atoms with Crippen molar-refractivity contribution < 1.29 is 31.9 Å². The lowest BCUT2D eigenvalue weighted by atomic mass is 9.78. The second-order valence-electron chi connectivity index (χ2n) is 8.83. The molecular weight excluding hydrogens is 421 g/mol. The number of Topliss-reactive ketones (excluding diaryl/α,β-unsaturated/α-hetero) is 1. The molecule has 0 radical (unpaired) electrons. The number of aromatic nitrogens is 3. The van der Waals surface area contributed by atoms with E-state index in [9.17, 15) is 31.9 Å². The molecule has 2 aromatic rings. The minimum atomic E-state index is -4.55. The van der Waals surface area contributed by atoms with E-state index < -0.39 is 36.1 Å². The Hall–Kier alpha value is -2.10. The number of nitrogens with zero attached hydrogens (tertiary/aromatic N) is 3. The lowest BCUT2D eigenvalue weighted by Gasteiger charge is -2.41. The van der Waals surface area contributed by atoms with Gasteiger partial charge in [-0.15, -0.1) is 0 Å². The lowest BCUT2D eigenvalue weighted by molar-refractivity contribution is -0.141. The van der Waals surface area contributed by atoms with E-state index in [1.54, 1.807) is 4.57 Å². The molecule has 0 amide bonds. The van der Waals surface area contributed by atoms with Gasteiger partial charge in [-0.1, -0.05) is 0 Å². The highest BCUT2D eigenvalue weighted by Gasteiger charge is 2.39. The Morgan fingerprint density at radius 1 is 1.23 bits per heavy atom. The van der Waals surface area contributed by atoms with Gasteiger partial charge in [0.15, 0.2) is 5.65 Å². The molecule has 2 heterocycles. The molecule has 1 N–H and O–H groups in total. The smallest absolute Gasteiger partial charge is 0.384 e. The molecule has 3 rings (SSSR count). The fourth-order valence-electron chi connectivity index (χ4n) is 3.98. The Balaban J connectivity index is 1.73. The monoisotopic (exact) mass is 447 g/mol. The van der Waals surface area contributed by atoms with E-state index in [0.29, 0.717) is 30.6 Å². The maximum Gasteiger partial charge on any atom is 0.433 e. The molecule has 1 atom stereocenters. The van der Waals surface area contributed by atoms with E-state index in [1.165, 1.54) is 6.07 Å². The molecule has 31 heavy (non-hydrogen) atoms. The van der Waals surface area contributed by atoms with Crippen LogP contribution in [0.25, 0.3) is 11.2 Å². The zero-order valence-electron chi connectivity index (χ0n) is 17.5. The number of carbonyl (C=O) groups excluding carboxylic acids is 1. The topological polar surface area (TPSA) is 68.0 Å². The summed E-state index contributed by atoms with van der Waals surface area (Å²) in [5.41, 5.74) is -3.07. The van der Waals surface area contributed by atoms with Crippen LogP contribution in [0.5, 0.6) is 0 Å². The van der Waals surface area contributed by atoms with Gasteiger partial charge >= 0.3 is 6.18 Å². The summed E-state index contributed by atoms with van der Waals surface area (Å²) in [7, 11) is 0. The van der Waals surface area contributed by atoms with Crippen LogP contribution >= 0.6 is 0 Å². The maximum absolute atomic E-state index is 13.1. The largest absolute Gasteiger partial charge is 0.433 e. The Bertz CT molecular complexity index is 948. The van der Waals surface area contributed by atoms with Gasteiger partial charge in [-0.05, 0) is 58.1 Å². The predicted molar refractivity (Wildman–Crippen MR) is 104 cm³/mol. The van der Waals surface area contributed by atoms with Crippen LogP contribution in [0.1, 0.15) is 70.3 Å². The minimum absolute atomic E-state index is 0.0385. The Labute approximate surface area is 176 Å².